The highest BCUT2D eigenvalue weighted by molar-refractivity contribution is 6.23. The van der Waals surface area contributed by atoms with Gasteiger partial charge in [0.2, 0.25) is 11.8 Å². The molecule has 2 amide bonds. The highest BCUT2D eigenvalue weighted by Crippen LogP contribution is 2.53. The minimum atomic E-state index is -0.812. The average molecular weight is 302 g/mol. The predicted molar refractivity (Wildman–Crippen MR) is 73.3 cm³/mol. The normalized spacial score (nSPS) is 32.0. The summed E-state index contributed by atoms with van der Waals surface area (Å²) < 4.78 is 14.0. The van der Waals surface area contributed by atoms with Crippen LogP contribution in [-0.2, 0) is 9.59 Å². The summed E-state index contributed by atoms with van der Waals surface area (Å²) in [7, 11) is 0. The molecule has 7 heteroatoms. The topological polar surface area (TPSA) is 80.5 Å². The summed E-state index contributed by atoms with van der Waals surface area (Å²) in [6, 6.07) is 2.87. The van der Waals surface area contributed by atoms with Crippen molar-refractivity contribution in [2.45, 2.75) is 6.42 Å². The number of halogens is 1. The summed E-state index contributed by atoms with van der Waals surface area (Å²) in [5.74, 6) is -2.61. The molecule has 1 saturated heterocycles. The van der Waals surface area contributed by atoms with Crippen molar-refractivity contribution in [2.75, 3.05) is 4.90 Å². The first-order valence-electron chi connectivity index (χ1n) is 6.99. The van der Waals surface area contributed by atoms with E-state index in [4.69, 9.17) is 0 Å². The summed E-state index contributed by atoms with van der Waals surface area (Å²) in [5.41, 5.74) is -0.673. The molecular formula is C15H11FN2O4. The fourth-order valence-electron chi connectivity index (χ4n) is 3.93. The van der Waals surface area contributed by atoms with Gasteiger partial charge >= 0.3 is 0 Å². The minimum Gasteiger partial charge on any atom is -0.274 e. The second-order valence-electron chi connectivity index (χ2n) is 5.90. The fourth-order valence-corrected chi connectivity index (χ4v) is 3.93. The second kappa shape index (κ2) is 4.22. The summed E-state index contributed by atoms with van der Waals surface area (Å²) in [5, 5.41) is 10.8. The standard InChI is InChI=1S/C15H11FN2O4/c16-10-4-3-9(18(21)22)6-11(10)17-14(19)12-7-1-2-8(5-7)13(12)15(17)20/h1-4,6-8,12-13H,5H2/t7-,8+,12-,13+. The molecule has 2 fully saturated rings. The molecule has 0 aromatic heterocycles. The molecule has 22 heavy (non-hydrogen) atoms. The molecule has 1 saturated carbocycles. The van der Waals surface area contributed by atoms with Crippen LogP contribution >= 0.6 is 0 Å². The Morgan fingerprint density at radius 3 is 2.27 bits per heavy atom. The molecule has 0 spiro atoms. The Labute approximate surface area is 124 Å². The number of nitro groups is 1. The molecule has 6 nitrogen and oxygen atoms in total. The van der Waals surface area contributed by atoms with Crippen molar-refractivity contribution in [1.29, 1.82) is 0 Å². The third kappa shape index (κ3) is 1.53. The van der Waals surface area contributed by atoms with Gasteiger partial charge in [-0.1, -0.05) is 12.2 Å². The molecular weight excluding hydrogens is 291 g/mol. The van der Waals surface area contributed by atoms with Crippen LogP contribution in [0.2, 0.25) is 0 Å². The zero-order valence-electron chi connectivity index (χ0n) is 11.3. The number of hydrogen-bond acceptors (Lipinski definition) is 4. The van der Waals surface area contributed by atoms with E-state index in [0.29, 0.717) is 0 Å². The van der Waals surface area contributed by atoms with Gasteiger partial charge in [0.05, 0.1) is 22.4 Å². The number of hydrogen-bond donors (Lipinski definition) is 0. The van der Waals surface area contributed by atoms with Gasteiger partial charge < -0.3 is 0 Å². The molecule has 2 aliphatic carbocycles. The number of rotatable bonds is 2. The van der Waals surface area contributed by atoms with Crippen molar-refractivity contribution >= 4 is 23.2 Å². The Bertz CT molecular complexity index is 730. The maximum atomic E-state index is 14.0. The lowest BCUT2D eigenvalue weighted by Crippen LogP contribution is -2.33. The van der Waals surface area contributed by atoms with Crippen molar-refractivity contribution < 1.29 is 18.9 Å². The van der Waals surface area contributed by atoms with E-state index in [2.05, 4.69) is 0 Å². The summed E-state index contributed by atoms with van der Waals surface area (Å²) in [6.45, 7) is 0. The van der Waals surface area contributed by atoms with Gasteiger partial charge in [-0.2, -0.15) is 0 Å². The number of allylic oxidation sites excluding steroid dienone is 2. The number of fused-ring (bicyclic) bond motifs is 5. The number of amides is 2. The zero-order chi connectivity index (χ0) is 15.6. The highest BCUT2D eigenvalue weighted by Gasteiger charge is 2.60. The van der Waals surface area contributed by atoms with Crippen molar-refractivity contribution in [3.05, 3.63) is 46.3 Å². The van der Waals surface area contributed by atoms with Crippen LogP contribution in [0, 0.1) is 39.6 Å². The monoisotopic (exact) mass is 302 g/mol. The Morgan fingerprint density at radius 2 is 1.73 bits per heavy atom. The van der Waals surface area contributed by atoms with Crippen molar-refractivity contribution in [3.8, 4) is 0 Å². The molecule has 1 aliphatic heterocycles. The van der Waals surface area contributed by atoms with Crippen molar-refractivity contribution in [3.63, 3.8) is 0 Å². The van der Waals surface area contributed by atoms with Crippen molar-refractivity contribution in [1.82, 2.24) is 0 Å². The molecule has 0 radical (unpaired) electrons. The molecule has 4 rings (SSSR count). The molecule has 1 heterocycles. The number of nitrogens with zero attached hydrogens (tertiary/aromatic N) is 2. The van der Waals surface area contributed by atoms with E-state index in [1.165, 1.54) is 0 Å². The number of benzene rings is 1. The van der Waals surface area contributed by atoms with E-state index in [1.54, 1.807) is 0 Å². The largest absolute Gasteiger partial charge is 0.274 e. The van der Waals surface area contributed by atoms with Crippen LogP contribution < -0.4 is 4.90 Å². The maximum Gasteiger partial charge on any atom is 0.271 e. The first-order valence-corrected chi connectivity index (χ1v) is 6.99. The lowest BCUT2D eigenvalue weighted by atomic mass is 9.85. The van der Waals surface area contributed by atoms with E-state index in [-0.39, 0.29) is 23.2 Å². The number of carbonyl (C=O) groups excluding carboxylic acids is 2. The highest BCUT2D eigenvalue weighted by atomic mass is 19.1. The molecule has 3 aliphatic rings. The van der Waals surface area contributed by atoms with Crippen LogP contribution in [0.15, 0.2) is 30.4 Å². The van der Waals surface area contributed by atoms with E-state index >= 15 is 0 Å². The Morgan fingerprint density at radius 1 is 1.14 bits per heavy atom. The minimum absolute atomic E-state index is 0.0122. The molecule has 0 unspecified atom stereocenters. The molecule has 1 aromatic rings. The average Bonchev–Trinajstić information content (AvgIpc) is 3.14. The van der Waals surface area contributed by atoms with Gasteiger partial charge in [0.1, 0.15) is 5.82 Å². The third-order valence-electron chi connectivity index (χ3n) is 4.85. The second-order valence-corrected chi connectivity index (χ2v) is 5.90. The van der Waals surface area contributed by atoms with Gasteiger partial charge in [0.15, 0.2) is 0 Å². The van der Waals surface area contributed by atoms with E-state index in [0.717, 1.165) is 29.5 Å². The maximum absolute atomic E-state index is 14.0. The smallest absolute Gasteiger partial charge is 0.271 e. The van der Waals surface area contributed by atoms with Gasteiger partial charge in [0.25, 0.3) is 5.69 Å². The summed E-state index contributed by atoms with van der Waals surface area (Å²) in [4.78, 5) is 36.1. The van der Waals surface area contributed by atoms with Gasteiger partial charge in [-0.3, -0.25) is 19.7 Å². The number of non-ortho nitro benzene ring substituents is 1. The molecule has 4 atom stereocenters. The van der Waals surface area contributed by atoms with Gasteiger partial charge in [-0.25, -0.2) is 9.29 Å². The lowest BCUT2D eigenvalue weighted by Gasteiger charge is -2.17. The Kier molecular flexibility index (Phi) is 2.52. The number of anilines is 1. The van der Waals surface area contributed by atoms with Crippen molar-refractivity contribution in [2.24, 2.45) is 23.7 Å². The SMILES string of the molecule is O=C1[C@@H]2[C@H](C(=O)N1c1cc([N+](=O)[O-])ccc1F)[C@@H]1C=C[C@H]2C1. The van der Waals surface area contributed by atoms with Gasteiger partial charge in [-0.15, -0.1) is 0 Å². The first-order chi connectivity index (χ1) is 10.5. The van der Waals surface area contributed by atoms with E-state index in [9.17, 15) is 24.1 Å². The number of carbonyl (C=O) groups is 2. The van der Waals surface area contributed by atoms with Crippen LogP contribution in [-0.4, -0.2) is 16.7 Å². The molecule has 112 valence electrons. The fraction of sp³-hybridized carbons (Fsp3) is 0.333. The summed E-state index contributed by atoms with van der Waals surface area (Å²) >= 11 is 0. The van der Waals surface area contributed by atoms with Crippen LogP contribution in [0.3, 0.4) is 0 Å². The third-order valence-corrected chi connectivity index (χ3v) is 4.85. The molecule has 2 bridgehead atoms. The Hall–Kier alpha value is -2.57. The predicted octanol–water partition coefficient (Wildman–Crippen LogP) is 2.05. The lowest BCUT2D eigenvalue weighted by molar-refractivity contribution is -0.384. The quantitative estimate of drug-likeness (QED) is 0.362. The van der Waals surface area contributed by atoms with Crippen LogP contribution in [0.4, 0.5) is 15.8 Å². The van der Waals surface area contributed by atoms with Crippen LogP contribution in [0.1, 0.15) is 6.42 Å². The van der Waals surface area contributed by atoms with Gasteiger partial charge in [0, 0.05) is 12.1 Å². The van der Waals surface area contributed by atoms with E-state index in [1.807, 2.05) is 12.2 Å². The van der Waals surface area contributed by atoms with E-state index < -0.39 is 34.4 Å². The van der Waals surface area contributed by atoms with Gasteiger partial charge in [-0.05, 0) is 24.3 Å². The Balaban J connectivity index is 1.79. The molecule has 1 aromatic carbocycles. The molecule has 0 N–H and O–H groups in total. The first kappa shape index (κ1) is 13.1. The number of imide groups is 1. The number of nitro benzene ring substituents is 1. The summed E-state index contributed by atoms with van der Waals surface area (Å²) in [6.07, 6.45) is 4.65. The van der Waals surface area contributed by atoms with Crippen LogP contribution in [0.25, 0.3) is 0 Å². The van der Waals surface area contributed by atoms with Crippen LogP contribution in [0.5, 0.6) is 0 Å². The zero-order valence-corrected chi connectivity index (χ0v) is 11.3.